The number of hydrogen-bond acceptors (Lipinski definition) is 3. The molecule has 1 rings (SSSR count). The predicted molar refractivity (Wildman–Crippen MR) is 62.5 cm³/mol. The summed E-state index contributed by atoms with van der Waals surface area (Å²) in [5, 5.41) is 11.8. The van der Waals surface area contributed by atoms with Crippen LogP contribution in [-0.2, 0) is 14.3 Å². The van der Waals surface area contributed by atoms with E-state index in [1.165, 1.54) is 0 Å². The van der Waals surface area contributed by atoms with Crippen LogP contribution in [0.4, 0.5) is 0 Å². The van der Waals surface area contributed by atoms with Gasteiger partial charge in [-0.1, -0.05) is 13.8 Å². The Labute approximate surface area is 102 Å². The first kappa shape index (κ1) is 14.0. The molecule has 4 atom stereocenters. The monoisotopic (exact) mass is 243 g/mol. The van der Waals surface area contributed by atoms with Gasteiger partial charge in [0.25, 0.3) is 0 Å². The van der Waals surface area contributed by atoms with E-state index in [1.807, 2.05) is 13.8 Å². The van der Waals surface area contributed by atoms with Gasteiger partial charge in [-0.05, 0) is 20.3 Å². The molecule has 0 radical (unpaired) electrons. The summed E-state index contributed by atoms with van der Waals surface area (Å²) in [6.45, 7) is 7.65. The Balaban J connectivity index is 2.63. The van der Waals surface area contributed by atoms with Crippen LogP contribution >= 0.6 is 0 Å². The highest BCUT2D eigenvalue weighted by atomic mass is 16.5. The van der Waals surface area contributed by atoms with Crippen molar-refractivity contribution in [1.82, 2.24) is 5.32 Å². The van der Waals surface area contributed by atoms with Gasteiger partial charge in [0.1, 0.15) is 0 Å². The van der Waals surface area contributed by atoms with E-state index in [0.717, 1.165) is 6.42 Å². The van der Waals surface area contributed by atoms with Crippen LogP contribution in [0.25, 0.3) is 0 Å². The van der Waals surface area contributed by atoms with Crippen LogP contribution in [0.5, 0.6) is 0 Å². The van der Waals surface area contributed by atoms with E-state index in [1.54, 1.807) is 13.8 Å². The number of ether oxygens (including phenoxy) is 1. The summed E-state index contributed by atoms with van der Waals surface area (Å²) < 4.78 is 5.43. The Hall–Kier alpha value is -1.10. The van der Waals surface area contributed by atoms with Crippen molar-refractivity contribution in [2.75, 3.05) is 6.61 Å². The third-order valence-electron chi connectivity index (χ3n) is 3.85. The molecule has 17 heavy (non-hydrogen) atoms. The van der Waals surface area contributed by atoms with Crippen molar-refractivity contribution in [2.45, 2.75) is 45.8 Å². The topological polar surface area (TPSA) is 75.6 Å². The van der Waals surface area contributed by atoms with E-state index in [0.29, 0.717) is 6.61 Å². The largest absolute Gasteiger partial charge is 0.481 e. The van der Waals surface area contributed by atoms with Gasteiger partial charge in [0, 0.05) is 12.5 Å². The highest BCUT2D eigenvalue weighted by Crippen LogP contribution is 2.26. The SMILES string of the molecule is CC(C(=O)O)C(C)C(=O)NC1(C)CCOC1C. The fraction of sp³-hybridized carbons (Fsp3) is 0.833. The fourth-order valence-corrected chi connectivity index (χ4v) is 1.84. The maximum atomic E-state index is 12.0. The molecule has 1 aliphatic heterocycles. The molecule has 0 bridgehead atoms. The van der Waals surface area contributed by atoms with Gasteiger partial charge in [-0.15, -0.1) is 0 Å². The van der Waals surface area contributed by atoms with Gasteiger partial charge >= 0.3 is 5.97 Å². The summed E-state index contributed by atoms with van der Waals surface area (Å²) in [4.78, 5) is 22.8. The first-order chi connectivity index (χ1) is 7.78. The van der Waals surface area contributed by atoms with Crippen molar-refractivity contribution in [3.8, 4) is 0 Å². The second kappa shape index (κ2) is 5.04. The van der Waals surface area contributed by atoms with Crippen molar-refractivity contribution < 1.29 is 19.4 Å². The smallest absolute Gasteiger partial charge is 0.307 e. The number of amides is 1. The van der Waals surface area contributed by atoms with E-state index in [4.69, 9.17) is 9.84 Å². The van der Waals surface area contributed by atoms with Crippen LogP contribution in [0.3, 0.4) is 0 Å². The third kappa shape index (κ3) is 2.97. The highest BCUT2D eigenvalue weighted by Gasteiger charge is 2.40. The number of nitrogens with one attached hydrogen (secondary N) is 1. The number of aliphatic carboxylic acids is 1. The second-order valence-corrected chi connectivity index (χ2v) is 5.09. The number of carbonyl (C=O) groups excluding carboxylic acids is 1. The molecule has 2 N–H and O–H groups in total. The molecule has 0 spiro atoms. The van der Waals surface area contributed by atoms with Gasteiger partial charge in [-0.3, -0.25) is 9.59 Å². The van der Waals surface area contributed by atoms with Crippen molar-refractivity contribution in [2.24, 2.45) is 11.8 Å². The van der Waals surface area contributed by atoms with E-state index in [2.05, 4.69) is 5.32 Å². The fourth-order valence-electron chi connectivity index (χ4n) is 1.84. The van der Waals surface area contributed by atoms with E-state index < -0.39 is 17.8 Å². The maximum absolute atomic E-state index is 12.0. The molecule has 0 aromatic carbocycles. The van der Waals surface area contributed by atoms with Crippen LogP contribution in [0.15, 0.2) is 0 Å². The standard InChI is InChI=1S/C12H21NO4/c1-7(8(2)11(15)16)10(14)13-12(4)5-6-17-9(12)3/h7-9H,5-6H2,1-4H3,(H,13,14)(H,15,16). The number of hydrogen-bond donors (Lipinski definition) is 2. The quantitative estimate of drug-likeness (QED) is 0.773. The maximum Gasteiger partial charge on any atom is 0.307 e. The van der Waals surface area contributed by atoms with Crippen LogP contribution in [0, 0.1) is 11.8 Å². The zero-order valence-electron chi connectivity index (χ0n) is 10.8. The minimum Gasteiger partial charge on any atom is -0.481 e. The normalized spacial score (nSPS) is 31.9. The molecule has 0 aromatic heterocycles. The molecular weight excluding hydrogens is 222 g/mol. The average molecular weight is 243 g/mol. The summed E-state index contributed by atoms with van der Waals surface area (Å²) in [5.41, 5.74) is -0.385. The van der Waals surface area contributed by atoms with E-state index in [-0.39, 0.29) is 17.6 Å². The number of carbonyl (C=O) groups is 2. The summed E-state index contributed by atoms with van der Waals surface area (Å²) in [6.07, 6.45) is 0.715. The van der Waals surface area contributed by atoms with Crippen LogP contribution < -0.4 is 5.32 Å². The molecule has 1 saturated heterocycles. The van der Waals surface area contributed by atoms with Gasteiger partial charge in [-0.25, -0.2) is 0 Å². The zero-order valence-corrected chi connectivity index (χ0v) is 10.8. The Morgan fingerprint density at radius 3 is 2.41 bits per heavy atom. The van der Waals surface area contributed by atoms with Gasteiger partial charge in [0.2, 0.25) is 5.91 Å². The predicted octanol–water partition coefficient (Wildman–Crippen LogP) is 1.03. The van der Waals surface area contributed by atoms with Gasteiger partial charge in [-0.2, -0.15) is 0 Å². The lowest BCUT2D eigenvalue weighted by Crippen LogP contribution is -2.53. The lowest BCUT2D eigenvalue weighted by Gasteiger charge is -2.31. The third-order valence-corrected chi connectivity index (χ3v) is 3.85. The van der Waals surface area contributed by atoms with Crippen LogP contribution in [0.1, 0.15) is 34.1 Å². The van der Waals surface area contributed by atoms with Crippen molar-refractivity contribution >= 4 is 11.9 Å². The van der Waals surface area contributed by atoms with Crippen molar-refractivity contribution in [1.29, 1.82) is 0 Å². The molecule has 1 amide bonds. The minimum absolute atomic E-state index is 0.0428. The molecule has 1 heterocycles. The molecule has 0 saturated carbocycles. The Morgan fingerprint density at radius 1 is 1.41 bits per heavy atom. The summed E-state index contributed by atoms with van der Waals surface area (Å²) in [6, 6.07) is 0. The molecule has 0 aromatic rings. The summed E-state index contributed by atoms with van der Waals surface area (Å²) >= 11 is 0. The molecule has 1 aliphatic rings. The molecule has 5 nitrogen and oxygen atoms in total. The Bertz CT molecular complexity index is 318. The number of carboxylic acid groups (broad SMARTS) is 1. The first-order valence-corrected chi connectivity index (χ1v) is 5.94. The van der Waals surface area contributed by atoms with E-state index >= 15 is 0 Å². The molecule has 98 valence electrons. The van der Waals surface area contributed by atoms with Crippen LogP contribution in [0.2, 0.25) is 0 Å². The van der Waals surface area contributed by atoms with Crippen LogP contribution in [-0.4, -0.2) is 35.2 Å². The average Bonchev–Trinajstić information content (AvgIpc) is 2.56. The Kier molecular flexibility index (Phi) is 4.14. The molecule has 5 heteroatoms. The first-order valence-electron chi connectivity index (χ1n) is 5.94. The van der Waals surface area contributed by atoms with Crippen molar-refractivity contribution in [3.05, 3.63) is 0 Å². The lowest BCUT2D eigenvalue weighted by molar-refractivity contribution is -0.146. The molecular formula is C12H21NO4. The molecule has 1 fully saturated rings. The minimum atomic E-state index is -0.950. The summed E-state index contributed by atoms with van der Waals surface area (Å²) in [7, 11) is 0. The molecule has 0 aliphatic carbocycles. The zero-order chi connectivity index (χ0) is 13.2. The molecule has 4 unspecified atom stereocenters. The lowest BCUT2D eigenvalue weighted by atomic mass is 9.90. The van der Waals surface area contributed by atoms with Gasteiger partial charge in [0.15, 0.2) is 0 Å². The van der Waals surface area contributed by atoms with Crippen molar-refractivity contribution in [3.63, 3.8) is 0 Å². The van der Waals surface area contributed by atoms with Gasteiger partial charge < -0.3 is 15.2 Å². The van der Waals surface area contributed by atoms with E-state index in [9.17, 15) is 9.59 Å². The van der Waals surface area contributed by atoms with Gasteiger partial charge in [0.05, 0.1) is 17.6 Å². The summed E-state index contributed by atoms with van der Waals surface area (Å²) in [5.74, 6) is -2.40. The second-order valence-electron chi connectivity index (χ2n) is 5.09. The number of rotatable bonds is 4. The Morgan fingerprint density at radius 2 is 2.00 bits per heavy atom. The highest BCUT2D eigenvalue weighted by molar-refractivity contribution is 5.84. The number of carboxylic acids is 1.